The van der Waals surface area contributed by atoms with E-state index in [9.17, 15) is 26.3 Å². The van der Waals surface area contributed by atoms with Crippen molar-refractivity contribution in [1.82, 2.24) is 0 Å². The van der Waals surface area contributed by atoms with E-state index in [1.807, 2.05) is 0 Å². The highest BCUT2D eigenvalue weighted by Crippen LogP contribution is 2.45. The lowest BCUT2D eigenvalue weighted by molar-refractivity contribution is -0.385. The minimum atomic E-state index is -5.54. The second-order valence-corrected chi connectivity index (χ2v) is 2.58. The van der Waals surface area contributed by atoms with Gasteiger partial charge in [0.05, 0.1) is 0 Å². The summed E-state index contributed by atoms with van der Waals surface area (Å²) in [5, 5.41) is 0. The lowest BCUT2D eigenvalue weighted by Gasteiger charge is -2.33. The van der Waals surface area contributed by atoms with Gasteiger partial charge in [0.2, 0.25) is 0 Å². The molecule has 0 spiro atoms. The van der Waals surface area contributed by atoms with Crippen LogP contribution in [0.2, 0.25) is 0 Å². The van der Waals surface area contributed by atoms with Crippen molar-refractivity contribution in [3.05, 3.63) is 0 Å². The van der Waals surface area contributed by atoms with Gasteiger partial charge in [-0.25, -0.2) is 0 Å². The molecule has 0 aliphatic rings. The zero-order valence-corrected chi connectivity index (χ0v) is 7.29. The Labute approximate surface area is 75.8 Å². The average Bonchev–Trinajstić information content (AvgIpc) is 1.95. The van der Waals surface area contributed by atoms with E-state index in [4.69, 9.17) is 0 Å². The zero-order valence-electron chi connectivity index (χ0n) is 7.29. The Morgan fingerprint density at radius 1 is 0.929 bits per heavy atom. The van der Waals surface area contributed by atoms with Gasteiger partial charge in [-0.05, 0) is 6.92 Å². The van der Waals surface area contributed by atoms with Crippen LogP contribution >= 0.6 is 0 Å². The van der Waals surface area contributed by atoms with E-state index in [2.05, 4.69) is 9.47 Å². The maximum absolute atomic E-state index is 12.0. The summed E-state index contributed by atoms with van der Waals surface area (Å²) < 4.78 is 79.8. The van der Waals surface area contributed by atoms with Gasteiger partial charge in [0.1, 0.15) is 6.79 Å². The molecule has 0 aromatic heterocycles. The number of hydrogen-bond acceptors (Lipinski definition) is 2. The highest BCUT2D eigenvalue weighted by atomic mass is 19.4. The second-order valence-electron chi connectivity index (χ2n) is 2.58. The third-order valence-corrected chi connectivity index (χ3v) is 1.55. The normalized spacial score (nSPS) is 14.6. The summed E-state index contributed by atoms with van der Waals surface area (Å²) in [5.74, 6) is 0. The van der Waals surface area contributed by atoms with Crippen LogP contribution in [0.5, 0.6) is 0 Å². The Kier molecular flexibility index (Phi) is 3.79. The number of hydrogen-bond donors (Lipinski definition) is 0. The van der Waals surface area contributed by atoms with Crippen LogP contribution < -0.4 is 0 Å². The molecule has 14 heavy (non-hydrogen) atoms. The topological polar surface area (TPSA) is 18.5 Å². The number of rotatable bonds is 3. The average molecular weight is 226 g/mol. The molecular weight excluding hydrogens is 218 g/mol. The first-order valence-electron chi connectivity index (χ1n) is 3.32. The summed E-state index contributed by atoms with van der Waals surface area (Å²) >= 11 is 0. The highest BCUT2D eigenvalue weighted by molar-refractivity contribution is 4.91. The summed E-state index contributed by atoms with van der Waals surface area (Å²) in [7, 11) is 0.924. The SMILES string of the molecule is COCOC(C)(C(F)(F)F)C(F)(F)F. The predicted molar refractivity (Wildman–Crippen MR) is 33.5 cm³/mol. The summed E-state index contributed by atoms with van der Waals surface area (Å²) in [4.78, 5) is 0. The van der Waals surface area contributed by atoms with Crippen molar-refractivity contribution >= 4 is 0 Å². The quantitative estimate of drug-likeness (QED) is 0.543. The van der Waals surface area contributed by atoms with Crippen molar-refractivity contribution in [2.45, 2.75) is 24.9 Å². The molecule has 0 saturated carbocycles. The van der Waals surface area contributed by atoms with Crippen LogP contribution in [0.15, 0.2) is 0 Å². The molecule has 0 saturated heterocycles. The molecule has 0 atom stereocenters. The molecule has 2 nitrogen and oxygen atoms in total. The van der Waals surface area contributed by atoms with Crippen LogP contribution in [0.25, 0.3) is 0 Å². The fraction of sp³-hybridized carbons (Fsp3) is 1.00. The van der Waals surface area contributed by atoms with Gasteiger partial charge < -0.3 is 9.47 Å². The minimum Gasteiger partial charge on any atom is -0.359 e. The van der Waals surface area contributed by atoms with Crippen molar-refractivity contribution in [1.29, 1.82) is 0 Å². The van der Waals surface area contributed by atoms with Crippen molar-refractivity contribution in [2.75, 3.05) is 13.9 Å². The fourth-order valence-electron chi connectivity index (χ4n) is 0.501. The maximum Gasteiger partial charge on any atom is 0.426 e. The van der Waals surface area contributed by atoms with Gasteiger partial charge in [0, 0.05) is 7.11 Å². The van der Waals surface area contributed by atoms with Gasteiger partial charge >= 0.3 is 12.4 Å². The fourth-order valence-corrected chi connectivity index (χ4v) is 0.501. The van der Waals surface area contributed by atoms with Crippen molar-refractivity contribution in [3.8, 4) is 0 Å². The molecule has 0 aliphatic heterocycles. The van der Waals surface area contributed by atoms with Crippen molar-refractivity contribution in [3.63, 3.8) is 0 Å². The minimum absolute atomic E-state index is 0.0913. The Morgan fingerprint density at radius 3 is 1.50 bits per heavy atom. The molecule has 0 bridgehead atoms. The maximum atomic E-state index is 12.0. The van der Waals surface area contributed by atoms with E-state index in [0.29, 0.717) is 0 Å². The number of ether oxygens (including phenoxy) is 2. The van der Waals surface area contributed by atoms with E-state index >= 15 is 0 Å². The highest BCUT2D eigenvalue weighted by Gasteiger charge is 2.69. The van der Waals surface area contributed by atoms with Gasteiger partial charge in [0.25, 0.3) is 5.60 Å². The smallest absolute Gasteiger partial charge is 0.359 e. The molecule has 0 heterocycles. The Bertz CT molecular complexity index is 170. The van der Waals surface area contributed by atoms with Crippen molar-refractivity contribution < 1.29 is 35.8 Å². The van der Waals surface area contributed by atoms with E-state index in [1.165, 1.54) is 0 Å². The molecule has 0 aliphatic carbocycles. The second kappa shape index (κ2) is 3.93. The van der Waals surface area contributed by atoms with Crippen LogP contribution in [0, 0.1) is 0 Å². The van der Waals surface area contributed by atoms with E-state index < -0.39 is 24.7 Å². The summed E-state index contributed by atoms with van der Waals surface area (Å²) in [6.45, 7) is -1.18. The third kappa shape index (κ3) is 2.50. The van der Waals surface area contributed by atoms with Crippen LogP contribution in [0.3, 0.4) is 0 Å². The molecule has 0 aromatic carbocycles. The molecule has 0 unspecified atom stereocenters. The van der Waals surface area contributed by atoms with Crippen LogP contribution in [-0.4, -0.2) is 31.9 Å². The molecule has 8 heteroatoms. The molecule has 0 radical (unpaired) electrons. The Hall–Kier alpha value is -0.500. The first-order valence-corrected chi connectivity index (χ1v) is 3.32. The molecule has 0 fully saturated rings. The first kappa shape index (κ1) is 13.5. The molecule has 0 aromatic rings. The van der Waals surface area contributed by atoms with Gasteiger partial charge in [-0.2, -0.15) is 26.3 Å². The number of halogens is 6. The lowest BCUT2D eigenvalue weighted by Crippen LogP contribution is -2.56. The van der Waals surface area contributed by atoms with Crippen LogP contribution in [0.1, 0.15) is 6.92 Å². The first-order chi connectivity index (χ1) is 6.06. The van der Waals surface area contributed by atoms with E-state index in [1.54, 1.807) is 0 Å². The standard InChI is InChI=1S/C6H8F6O2/c1-4(5(7,8)9,6(10,11)12)14-3-13-2/h3H2,1-2H3. The van der Waals surface area contributed by atoms with Gasteiger partial charge in [-0.3, -0.25) is 0 Å². The Morgan fingerprint density at radius 2 is 1.29 bits per heavy atom. The molecular formula is C6H8F6O2. The van der Waals surface area contributed by atoms with E-state index in [-0.39, 0.29) is 6.92 Å². The molecule has 0 amide bonds. The largest absolute Gasteiger partial charge is 0.426 e. The number of alkyl halides is 6. The summed E-state index contributed by atoms with van der Waals surface area (Å²) in [6.07, 6.45) is -11.1. The summed E-state index contributed by atoms with van der Waals surface area (Å²) in [6, 6.07) is 0. The van der Waals surface area contributed by atoms with Gasteiger partial charge in [-0.1, -0.05) is 0 Å². The third-order valence-electron chi connectivity index (χ3n) is 1.55. The lowest BCUT2D eigenvalue weighted by atomic mass is 10.1. The zero-order chi connectivity index (χ0) is 11.6. The molecule has 0 N–H and O–H groups in total. The van der Waals surface area contributed by atoms with Crippen LogP contribution in [0.4, 0.5) is 26.3 Å². The van der Waals surface area contributed by atoms with Gasteiger partial charge in [-0.15, -0.1) is 0 Å². The van der Waals surface area contributed by atoms with Gasteiger partial charge in [0.15, 0.2) is 0 Å². The monoisotopic (exact) mass is 226 g/mol. The number of methoxy groups -OCH3 is 1. The van der Waals surface area contributed by atoms with Crippen LogP contribution in [-0.2, 0) is 9.47 Å². The van der Waals surface area contributed by atoms with Crippen molar-refractivity contribution in [2.24, 2.45) is 0 Å². The predicted octanol–water partition coefficient (Wildman–Crippen LogP) is 2.49. The molecule has 86 valence electrons. The molecule has 0 rings (SSSR count). The van der Waals surface area contributed by atoms with E-state index in [0.717, 1.165) is 7.11 Å². The summed E-state index contributed by atoms with van der Waals surface area (Å²) in [5.41, 5.74) is -4.20. The Balaban J connectivity index is 4.87.